The SMILES string of the molecule is CNC(=O)[C@H](C)N(Cc1c(Cl)cccc1Cl)C(=O)CSCc1ccc(Br)cc1. The van der Waals surface area contributed by atoms with E-state index in [9.17, 15) is 9.59 Å². The molecule has 0 saturated heterocycles. The van der Waals surface area contributed by atoms with Crippen LogP contribution in [0.5, 0.6) is 0 Å². The molecule has 8 heteroatoms. The summed E-state index contributed by atoms with van der Waals surface area (Å²) in [5, 5.41) is 3.53. The van der Waals surface area contributed by atoms with Crippen LogP contribution in [-0.2, 0) is 21.9 Å². The van der Waals surface area contributed by atoms with Crippen LogP contribution in [0, 0.1) is 0 Å². The lowest BCUT2D eigenvalue weighted by Gasteiger charge is -2.29. The molecule has 0 unspecified atom stereocenters. The second-order valence-corrected chi connectivity index (χ2v) is 8.85. The predicted octanol–water partition coefficient (Wildman–Crippen LogP) is 5.15. The Hall–Kier alpha value is -1.21. The molecule has 150 valence electrons. The molecule has 0 heterocycles. The number of rotatable bonds is 8. The number of thioether (sulfide) groups is 1. The standard InChI is InChI=1S/C20H21BrCl2N2O2S/c1-13(20(27)24-2)25(10-16-17(22)4-3-5-18(16)23)19(26)12-28-11-14-6-8-15(21)9-7-14/h3-9,13H,10-12H2,1-2H3,(H,24,27)/t13-/m0/s1. The lowest BCUT2D eigenvalue weighted by Crippen LogP contribution is -2.47. The van der Waals surface area contributed by atoms with Gasteiger partial charge in [0.25, 0.3) is 0 Å². The molecule has 0 aromatic heterocycles. The average molecular weight is 504 g/mol. The fourth-order valence-electron chi connectivity index (χ4n) is 2.56. The number of hydrogen-bond donors (Lipinski definition) is 1. The molecule has 0 bridgehead atoms. The van der Waals surface area contributed by atoms with Crippen LogP contribution in [0.15, 0.2) is 46.9 Å². The zero-order chi connectivity index (χ0) is 20.7. The van der Waals surface area contributed by atoms with Crippen LogP contribution in [0.3, 0.4) is 0 Å². The van der Waals surface area contributed by atoms with E-state index in [2.05, 4.69) is 21.2 Å². The van der Waals surface area contributed by atoms with Crippen molar-refractivity contribution in [2.24, 2.45) is 0 Å². The third-order valence-electron chi connectivity index (χ3n) is 4.21. The van der Waals surface area contributed by atoms with Gasteiger partial charge in [0, 0.05) is 39.4 Å². The van der Waals surface area contributed by atoms with Crippen LogP contribution in [0.4, 0.5) is 0 Å². The lowest BCUT2D eigenvalue weighted by molar-refractivity contribution is -0.138. The van der Waals surface area contributed by atoms with Gasteiger partial charge in [0.05, 0.1) is 5.75 Å². The lowest BCUT2D eigenvalue weighted by atomic mass is 10.1. The van der Waals surface area contributed by atoms with Crippen LogP contribution in [-0.4, -0.2) is 35.6 Å². The Labute approximate surface area is 188 Å². The summed E-state index contributed by atoms with van der Waals surface area (Å²) in [5.74, 6) is 0.566. The fraction of sp³-hybridized carbons (Fsp3) is 0.300. The van der Waals surface area contributed by atoms with Gasteiger partial charge in [0.1, 0.15) is 6.04 Å². The number of nitrogens with one attached hydrogen (secondary N) is 1. The highest BCUT2D eigenvalue weighted by Gasteiger charge is 2.26. The highest BCUT2D eigenvalue weighted by atomic mass is 79.9. The van der Waals surface area contributed by atoms with Gasteiger partial charge >= 0.3 is 0 Å². The minimum absolute atomic E-state index is 0.144. The first-order valence-electron chi connectivity index (χ1n) is 8.59. The maximum atomic E-state index is 12.9. The number of carbonyl (C=O) groups is 2. The summed E-state index contributed by atoms with van der Waals surface area (Å²) in [5.41, 5.74) is 1.76. The van der Waals surface area contributed by atoms with Gasteiger partial charge in [-0.2, -0.15) is 0 Å². The molecule has 1 N–H and O–H groups in total. The number of likely N-dealkylation sites (N-methyl/N-ethyl adjacent to an activating group) is 1. The van der Waals surface area contributed by atoms with Gasteiger partial charge in [-0.05, 0) is 36.8 Å². The molecule has 0 aliphatic carbocycles. The summed E-state index contributed by atoms with van der Waals surface area (Å²) in [4.78, 5) is 26.6. The highest BCUT2D eigenvalue weighted by Crippen LogP contribution is 2.27. The van der Waals surface area contributed by atoms with Gasteiger partial charge in [0.2, 0.25) is 11.8 Å². The minimum Gasteiger partial charge on any atom is -0.357 e. The maximum Gasteiger partial charge on any atom is 0.242 e. The molecule has 0 saturated carbocycles. The molecule has 28 heavy (non-hydrogen) atoms. The average Bonchev–Trinajstić information content (AvgIpc) is 2.68. The smallest absolute Gasteiger partial charge is 0.242 e. The molecule has 0 aliphatic rings. The summed E-state index contributed by atoms with van der Waals surface area (Å²) in [6.45, 7) is 1.87. The van der Waals surface area contributed by atoms with Gasteiger partial charge in [0.15, 0.2) is 0 Å². The van der Waals surface area contributed by atoms with Crippen molar-refractivity contribution in [3.05, 3.63) is 68.1 Å². The van der Waals surface area contributed by atoms with Gasteiger partial charge in [-0.15, -0.1) is 11.8 Å². The van der Waals surface area contributed by atoms with Gasteiger partial charge in [-0.1, -0.05) is 57.3 Å². The largest absolute Gasteiger partial charge is 0.357 e. The van der Waals surface area contributed by atoms with E-state index in [0.29, 0.717) is 21.4 Å². The normalized spacial score (nSPS) is 11.8. The molecule has 4 nitrogen and oxygen atoms in total. The third kappa shape index (κ3) is 6.41. The number of carbonyl (C=O) groups excluding carboxylic acids is 2. The van der Waals surface area contributed by atoms with Crippen LogP contribution < -0.4 is 5.32 Å². The quantitative estimate of drug-likeness (QED) is 0.541. The third-order valence-corrected chi connectivity index (χ3v) is 6.44. The second kappa shape index (κ2) is 11.1. The monoisotopic (exact) mass is 502 g/mol. The van der Waals surface area contributed by atoms with E-state index in [-0.39, 0.29) is 24.1 Å². The van der Waals surface area contributed by atoms with E-state index in [0.717, 1.165) is 10.0 Å². The Morgan fingerprint density at radius 1 is 1.14 bits per heavy atom. The van der Waals surface area contributed by atoms with Crippen LogP contribution in [0.1, 0.15) is 18.1 Å². The first kappa shape index (κ1) is 23.1. The Balaban J connectivity index is 2.10. The number of hydrogen-bond acceptors (Lipinski definition) is 3. The van der Waals surface area contributed by atoms with E-state index in [1.165, 1.54) is 16.7 Å². The molecular weight excluding hydrogens is 483 g/mol. The Morgan fingerprint density at radius 2 is 1.75 bits per heavy atom. The molecule has 0 radical (unpaired) electrons. The van der Waals surface area contributed by atoms with Crippen molar-refractivity contribution in [2.45, 2.75) is 25.3 Å². The second-order valence-electron chi connectivity index (χ2n) is 6.13. The summed E-state index contributed by atoms with van der Waals surface area (Å²) in [7, 11) is 1.55. The van der Waals surface area contributed by atoms with E-state index >= 15 is 0 Å². The molecule has 0 fully saturated rings. The van der Waals surface area contributed by atoms with Crippen LogP contribution in [0.25, 0.3) is 0 Å². The highest BCUT2D eigenvalue weighted by molar-refractivity contribution is 9.10. The Kier molecular flexibility index (Phi) is 9.15. The summed E-state index contributed by atoms with van der Waals surface area (Å²) >= 11 is 17.4. The van der Waals surface area contributed by atoms with E-state index in [1.54, 1.807) is 32.2 Å². The van der Waals surface area contributed by atoms with E-state index < -0.39 is 6.04 Å². The summed E-state index contributed by atoms with van der Waals surface area (Å²) in [6, 6.07) is 12.5. The summed E-state index contributed by atoms with van der Waals surface area (Å²) in [6.07, 6.45) is 0. The zero-order valence-corrected chi connectivity index (χ0v) is 19.5. The number of benzene rings is 2. The van der Waals surface area contributed by atoms with Crippen LogP contribution in [0.2, 0.25) is 10.0 Å². The minimum atomic E-state index is -0.641. The van der Waals surface area contributed by atoms with Gasteiger partial charge in [-0.3, -0.25) is 9.59 Å². The number of amides is 2. The van der Waals surface area contributed by atoms with Crippen molar-refractivity contribution in [3.63, 3.8) is 0 Å². The first-order chi connectivity index (χ1) is 13.3. The van der Waals surface area contributed by atoms with Crippen molar-refractivity contribution in [2.75, 3.05) is 12.8 Å². The van der Waals surface area contributed by atoms with Crippen molar-refractivity contribution in [1.82, 2.24) is 10.2 Å². The van der Waals surface area contributed by atoms with Crippen molar-refractivity contribution in [3.8, 4) is 0 Å². The zero-order valence-electron chi connectivity index (χ0n) is 15.5. The molecular formula is C20H21BrCl2N2O2S. The molecule has 2 aromatic carbocycles. The summed E-state index contributed by atoms with van der Waals surface area (Å²) < 4.78 is 1.01. The topological polar surface area (TPSA) is 49.4 Å². The van der Waals surface area contributed by atoms with E-state index in [1.807, 2.05) is 24.3 Å². The number of nitrogens with zero attached hydrogens (tertiary/aromatic N) is 1. The number of halogens is 3. The van der Waals surface area contributed by atoms with Crippen molar-refractivity contribution >= 4 is 62.7 Å². The molecule has 2 rings (SSSR count). The maximum absolute atomic E-state index is 12.9. The van der Waals surface area contributed by atoms with Crippen molar-refractivity contribution in [1.29, 1.82) is 0 Å². The fourth-order valence-corrected chi connectivity index (χ4v) is 4.22. The molecule has 0 spiro atoms. The Bertz CT molecular complexity index is 813. The molecule has 2 aromatic rings. The predicted molar refractivity (Wildman–Crippen MR) is 121 cm³/mol. The van der Waals surface area contributed by atoms with Crippen LogP contribution >= 0.6 is 50.9 Å². The van der Waals surface area contributed by atoms with Gasteiger partial charge in [-0.25, -0.2) is 0 Å². The molecule has 2 amide bonds. The van der Waals surface area contributed by atoms with Crippen molar-refractivity contribution < 1.29 is 9.59 Å². The molecule has 1 atom stereocenters. The van der Waals surface area contributed by atoms with E-state index in [4.69, 9.17) is 23.2 Å². The van der Waals surface area contributed by atoms with Gasteiger partial charge < -0.3 is 10.2 Å². The first-order valence-corrected chi connectivity index (χ1v) is 11.3. The molecule has 0 aliphatic heterocycles. The Morgan fingerprint density at radius 3 is 2.32 bits per heavy atom.